The van der Waals surface area contributed by atoms with Crippen LogP contribution in [0.5, 0.6) is 0 Å². The van der Waals surface area contributed by atoms with Gasteiger partial charge in [-0.25, -0.2) is 9.59 Å². The van der Waals surface area contributed by atoms with Crippen molar-refractivity contribution in [2.24, 2.45) is 10.2 Å². The second-order valence-electron chi connectivity index (χ2n) is 8.06. The molecule has 0 aromatic carbocycles. The molecule has 0 radical (unpaired) electrons. The lowest BCUT2D eigenvalue weighted by molar-refractivity contribution is -0.197. The highest BCUT2D eigenvalue weighted by Gasteiger charge is 2.35. The molecule has 0 aromatic rings. The third-order valence-electron chi connectivity index (χ3n) is 5.00. The molecule has 0 aromatic heterocycles. The number of carbonyl (C=O) groups excluding carboxylic acids is 6. The second-order valence-corrected chi connectivity index (χ2v) is 8.06. The molecule has 4 amide bonds. The van der Waals surface area contributed by atoms with Gasteiger partial charge in [0.15, 0.2) is 11.1 Å². The molecule has 2 aliphatic heterocycles. The summed E-state index contributed by atoms with van der Waals surface area (Å²) in [5.41, 5.74) is -3.10. The fraction of sp³-hybridized carbons (Fsp3) is 0.600. The summed E-state index contributed by atoms with van der Waals surface area (Å²) in [7, 11) is 0. The van der Waals surface area contributed by atoms with Gasteiger partial charge in [0.05, 0.1) is 25.0 Å². The number of amides is 4. The number of azo groups is 1. The highest BCUT2D eigenvalue weighted by atomic mass is 16.7. The summed E-state index contributed by atoms with van der Waals surface area (Å²) >= 11 is 0. The van der Waals surface area contributed by atoms with E-state index in [1.165, 1.54) is 13.8 Å². The smallest absolute Gasteiger partial charge is 0.330 e. The van der Waals surface area contributed by atoms with Gasteiger partial charge in [-0.15, -0.1) is 10.1 Å². The standard InChI is InChI=1S/C20H22N6O8/c1-19(11-21,9-7-17(31)33-25-13(27)3-4-14(25)28)23-24-20(2,12-22)10-8-18(32)34-26-15(29)5-6-16(26)30/h3-10H2,1-2H3/b24-23+. The van der Waals surface area contributed by atoms with Crippen molar-refractivity contribution in [2.75, 3.05) is 0 Å². The molecule has 2 aliphatic rings. The van der Waals surface area contributed by atoms with Crippen molar-refractivity contribution in [3.8, 4) is 12.1 Å². The summed E-state index contributed by atoms with van der Waals surface area (Å²) in [5, 5.41) is 27.5. The van der Waals surface area contributed by atoms with Crippen LogP contribution in [0.2, 0.25) is 0 Å². The third kappa shape index (κ3) is 6.65. The maximum atomic E-state index is 12.0. The van der Waals surface area contributed by atoms with E-state index < -0.39 is 46.6 Å². The maximum Gasteiger partial charge on any atom is 0.333 e. The van der Waals surface area contributed by atoms with Crippen LogP contribution in [-0.4, -0.2) is 56.8 Å². The molecule has 180 valence electrons. The highest BCUT2D eigenvalue weighted by Crippen LogP contribution is 2.24. The van der Waals surface area contributed by atoms with Gasteiger partial charge in [0.1, 0.15) is 0 Å². The first-order valence-corrected chi connectivity index (χ1v) is 10.3. The molecule has 14 heteroatoms. The Labute approximate surface area is 194 Å². The molecule has 2 rings (SSSR count). The molecular formula is C20H22N6O8. The number of hydrogen-bond acceptors (Lipinski definition) is 12. The Bertz CT molecular complexity index is 915. The monoisotopic (exact) mass is 474 g/mol. The maximum absolute atomic E-state index is 12.0. The molecule has 2 atom stereocenters. The van der Waals surface area contributed by atoms with Crippen LogP contribution in [0.3, 0.4) is 0 Å². The summed E-state index contributed by atoms with van der Waals surface area (Å²) in [6.45, 7) is 2.71. The Kier molecular flexibility index (Phi) is 8.13. The average molecular weight is 474 g/mol. The van der Waals surface area contributed by atoms with E-state index in [2.05, 4.69) is 10.2 Å². The number of hydroxylamine groups is 4. The van der Waals surface area contributed by atoms with Crippen molar-refractivity contribution in [3.63, 3.8) is 0 Å². The average Bonchev–Trinajstić information content (AvgIpc) is 3.30. The molecule has 0 bridgehead atoms. The van der Waals surface area contributed by atoms with Gasteiger partial charge in [0.25, 0.3) is 23.6 Å². The Morgan fingerprint density at radius 2 is 1.06 bits per heavy atom. The zero-order valence-corrected chi connectivity index (χ0v) is 18.6. The molecule has 2 fully saturated rings. The largest absolute Gasteiger partial charge is 0.333 e. The summed E-state index contributed by atoms with van der Waals surface area (Å²) in [6.07, 6.45) is -1.33. The summed E-state index contributed by atoms with van der Waals surface area (Å²) < 4.78 is 0. The molecule has 0 spiro atoms. The van der Waals surface area contributed by atoms with Crippen LogP contribution in [0.1, 0.15) is 65.2 Å². The zero-order valence-electron chi connectivity index (χ0n) is 18.6. The Balaban J connectivity index is 1.91. The van der Waals surface area contributed by atoms with E-state index in [1.807, 2.05) is 12.1 Å². The SMILES string of the molecule is CC(C#N)(CCC(=O)ON1C(=O)CCC1=O)/N=N/C(C)(C#N)CCC(=O)ON1C(=O)CCC1=O. The van der Waals surface area contributed by atoms with E-state index in [4.69, 9.17) is 9.68 Å². The van der Waals surface area contributed by atoms with Crippen LogP contribution in [0.4, 0.5) is 0 Å². The second kappa shape index (κ2) is 10.6. The molecule has 2 saturated heterocycles. The predicted molar refractivity (Wildman–Crippen MR) is 106 cm³/mol. The molecule has 2 heterocycles. The fourth-order valence-corrected chi connectivity index (χ4v) is 2.78. The zero-order chi connectivity index (χ0) is 25.5. The Hall–Kier alpha value is -4.20. The van der Waals surface area contributed by atoms with Crippen molar-refractivity contribution in [2.45, 2.75) is 76.3 Å². The minimum absolute atomic E-state index is 0.0544. The van der Waals surface area contributed by atoms with Crippen LogP contribution >= 0.6 is 0 Å². The van der Waals surface area contributed by atoms with Crippen LogP contribution in [-0.2, 0) is 38.4 Å². The predicted octanol–water partition coefficient (Wildman–Crippen LogP) is 0.778. The van der Waals surface area contributed by atoms with Gasteiger partial charge in [-0.1, -0.05) is 0 Å². The first-order chi connectivity index (χ1) is 15.9. The number of imide groups is 2. The van der Waals surface area contributed by atoms with Crippen molar-refractivity contribution in [1.29, 1.82) is 10.5 Å². The lowest BCUT2D eigenvalue weighted by Gasteiger charge is -2.20. The van der Waals surface area contributed by atoms with Gasteiger partial charge in [-0.2, -0.15) is 20.8 Å². The Morgan fingerprint density at radius 1 is 0.765 bits per heavy atom. The van der Waals surface area contributed by atoms with Gasteiger partial charge in [-0.3, -0.25) is 19.2 Å². The first-order valence-electron chi connectivity index (χ1n) is 10.3. The van der Waals surface area contributed by atoms with Gasteiger partial charge < -0.3 is 9.68 Å². The molecule has 2 unspecified atom stereocenters. The minimum Gasteiger partial charge on any atom is -0.330 e. The number of carbonyl (C=O) groups is 6. The molecule has 34 heavy (non-hydrogen) atoms. The minimum atomic E-state index is -1.55. The van der Waals surface area contributed by atoms with Crippen molar-refractivity contribution >= 4 is 35.6 Å². The van der Waals surface area contributed by atoms with E-state index in [1.54, 1.807) is 0 Å². The summed E-state index contributed by atoms with van der Waals surface area (Å²) in [4.78, 5) is 79.4. The van der Waals surface area contributed by atoms with E-state index in [0.717, 1.165) is 0 Å². The van der Waals surface area contributed by atoms with Gasteiger partial charge in [0.2, 0.25) is 0 Å². The van der Waals surface area contributed by atoms with Gasteiger partial charge in [-0.05, 0) is 26.7 Å². The Morgan fingerprint density at radius 3 is 1.32 bits per heavy atom. The van der Waals surface area contributed by atoms with Gasteiger partial charge in [0, 0.05) is 25.7 Å². The van der Waals surface area contributed by atoms with E-state index >= 15 is 0 Å². The highest BCUT2D eigenvalue weighted by molar-refractivity contribution is 6.02. The van der Waals surface area contributed by atoms with Crippen LogP contribution < -0.4 is 0 Å². The summed E-state index contributed by atoms with van der Waals surface area (Å²) in [6, 6.07) is 3.73. The lowest BCUT2D eigenvalue weighted by atomic mass is 9.97. The number of nitriles is 2. The lowest BCUT2D eigenvalue weighted by Crippen LogP contribution is -2.33. The molecule has 0 N–H and O–H groups in total. The van der Waals surface area contributed by atoms with Crippen LogP contribution in [0.25, 0.3) is 0 Å². The van der Waals surface area contributed by atoms with E-state index in [9.17, 15) is 39.3 Å². The van der Waals surface area contributed by atoms with E-state index in [-0.39, 0.29) is 51.4 Å². The molecule has 0 aliphatic carbocycles. The molecule has 0 saturated carbocycles. The van der Waals surface area contributed by atoms with Crippen molar-refractivity contribution in [1.82, 2.24) is 10.1 Å². The quantitative estimate of drug-likeness (QED) is 0.322. The number of nitrogens with zero attached hydrogens (tertiary/aromatic N) is 6. The molecular weight excluding hydrogens is 452 g/mol. The molecule has 14 nitrogen and oxygen atoms in total. The number of hydrogen-bond donors (Lipinski definition) is 0. The van der Waals surface area contributed by atoms with Crippen molar-refractivity contribution < 1.29 is 38.4 Å². The number of rotatable bonds is 10. The summed E-state index contributed by atoms with van der Waals surface area (Å²) in [5.74, 6) is -4.38. The van der Waals surface area contributed by atoms with Crippen LogP contribution in [0.15, 0.2) is 10.2 Å². The first kappa shape index (κ1) is 26.1. The van der Waals surface area contributed by atoms with E-state index in [0.29, 0.717) is 10.1 Å². The normalized spacial score (nSPS) is 19.5. The topological polar surface area (TPSA) is 200 Å². The fourth-order valence-electron chi connectivity index (χ4n) is 2.78. The third-order valence-corrected chi connectivity index (χ3v) is 5.00. The van der Waals surface area contributed by atoms with Crippen molar-refractivity contribution in [3.05, 3.63) is 0 Å². The van der Waals surface area contributed by atoms with Gasteiger partial charge >= 0.3 is 11.9 Å². The van der Waals surface area contributed by atoms with Crippen LogP contribution in [0, 0.1) is 22.7 Å².